The Balaban J connectivity index is 1.32. The highest BCUT2D eigenvalue weighted by Gasteiger charge is 2.30. The Bertz CT molecular complexity index is 3070. The van der Waals surface area contributed by atoms with Crippen LogP contribution >= 0.6 is 23.1 Å². The van der Waals surface area contributed by atoms with Crippen molar-refractivity contribution in [2.24, 2.45) is 0 Å². The predicted octanol–water partition coefficient (Wildman–Crippen LogP) is 7.75. The first-order valence-corrected chi connectivity index (χ1v) is 26.9. The second-order valence-electron chi connectivity index (χ2n) is 15.9. The zero-order valence-electron chi connectivity index (χ0n) is 37.8. The van der Waals surface area contributed by atoms with Crippen LogP contribution in [0.5, 0.6) is 0 Å². The summed E-state index contributed by atoms with van der Waals surface area (Å²) in [6.07, 6.45) is 12.1. The van der Waals surface area contributed by atoms with Crippen molar-refractivity contribution in [1.29, 1.82) is 0 Å². The van der Waals surface area contributed by atoms with E-state index in [1.807, 2.05) is 79.6 Å². The number of thiazole rings is 1. The highest BCUT2D eigenvalue weighted by atomic mass is 32.2. The number of benzene rings is 4. The number of anilines is 3. The van der Waals surface area contributed by atoms with Crippen molar-refractivity contribution >= 4 is 100 Å². The van der Waals surface area contributed by atoms with Crippen LogP contribution in [-0.2, 0) is 45.7 Å². The molecule has 19 heteroatoms. The van der Waals surface area contributed by atoms with Crippen molar-refractivity contribution in [2.75, 3.05) is 43.1 Å². The molecule has 2 aliphatic rings. The highest BCUT2D eigenvalue weighted by molar-refractivity contribution is 8.03. The fraction of sp³-hybridized carbons (Fsp3) is 0.245. The minimum absolute atomic E-state index is 0.0366. The molecule has 2 heterocycles. The number of methoxy groups -OCH3 is 2. The average molecular weight is 997 g/mol. The van der Waals surface area contributed by atoms with Crippen LogP contribution in [-0.4, -0.2) is 73.9 Å². The van der Waals surface area contributed by atoms with Crippen LogP contribution in [0.4, 0.5) is 17.1 Å². The first-order chi connectivity index (χ1) is 32.5. The number of hydrogen-bond donors (Lipinski definition) is 2. The molecule has 0 spiro atoms. The molecule has 7 rings (SSSR count). The van der Waals surface area contributed by atoms with E-state index in [1.165, 1.54) is 37.3 Å². The van der Waals surface area contributed by atoms with E-state index in [1.54, 1.807) is 24.3 Å². The maximum Gasteiger partial charge on any atom is 0.338 e. The Kier molecular flexibility index (Phi) is 15.7. The van der Waals surface area contributed by atoms with Crippen molar-refractivity contribution in [1.82, 2.24) is 9.44 Å². The fourth-order valence-electron chi connectivity index (χ4n) is 7.94. The van der Waals surface area contributed by atoms with E-state index in [0.717, 1.165) is 71.6 Å². The Morgan fingerprint density at radius 2 is 1.32 bits per heavy atom. The smallest absolute Gasteiger partial charge is 0.338 e. The number of fused-ring (bicyclic) bond motifs is 2. The van der Waals surface area contributed by atoms with Crippen molar-refractivity contribution < 1.29 is 50.1 Å². The molecule has 0 unspecified atom stereocenters. The number of ether oxygens (including phenoxy) is 2. The number of aryl methyl sites for hydroxylation is 1. The first-order valence-electron chi connectivity index (χ1n) is 21.5. The third-order valence-electron chi connectivity index (χ3n) is 10.9. The van der Waals surface area contributed by atoms with E-state index in [-0.39, 0.29) is 12.8 Å². The lowest BCUT2D eigenvalue weighted by Crippen LogP contribution is -2.36. The molecule has 2 amide bonds. The molecule has 0 saturated heterocycles. The van der Waals surface area contributed by atoms with Crippen molar-refractivity contribution in [3.05, 3.63) is 153 Å². The van der Waals surface area contributed by atoms with Gasteiger partial charge in [-0.15, -0.1) is 0 Å². The van der Waals surface area contributed by atoms with Crippen molar-refractivity contribution in [3.63, 3.8) is 0 Å². The summed E-state index contributed by atoms with van der Waals surface area (Å²) in [6, 6.07) is 30.8. The number of thioether (sulfide) groups is 1. The van der Waals surface area contributed by atoms with E-state index in [9.17, 15) is 36.0 Å². The molecule has 0 bridgehead atoms. The summed E-state index contributed by atoms with van der Waals surface area (Å²) in [5, 5.41) is 1.69. The molecule has 0 radical (unpaired) electrons. The molecule has 1 aliphatic carbocycles. The molecule has 4 aromatic carbocycles. The number of amides is 2. The summed E-state index contributed by atoms with van der Waals surface area (Å²) in [7, 11) is -4.80. The van der Waals surface area contributed by atoms with Crippen LogP contribution in [0, 0.1) is 0 Å². The molecule has 68 heavy (non-hydrogen) atoms. The van der Waals surface area contributed by atoms with Gasteiger partial charge in [-0.3, -0.25) is 19.0 Å². The summed E-state index contributed by atoms with van der Waals surface area (Å²) in [4.78, 5) is 55.4. The van der Waals surface area contributed by atoms with Gasteiger partial charge >= 0.3 is 11.9 Å². The van der Waals surface area contributed by atoms with Crippen LogP contribution in [0.25, 0.3) is 16.3 Å². The molecule has 354 valence electrons. The zero-order valence-corrected chi connectivity index (χ0v) is 41.0. The van der Waals surface area contributed by atoms with Gasteiger partial charge in [-0.05, 0) is 97.2 Å². The van der Waals surface area contributed by atoms with E-state index >= 15 is 0 Å². The second-order valence-corrected chi connectivity index (χ2v) is 21.5. The van der Waals surface area contributed by atoms with E-state index in [4.69, 9.17) is 9.47 Å². The van der Waals surface area contributed by atoms with Crippen LogP contribution in [0.3, 0.4) is 0 Å². The maximum atomic E-state index is 12.6. The Morgan fingerprint density at radius 3 is 1.93 bits per heavy atom. The molecule has 2 N–H and O–H groups in total. The molecular formula is C49H50N5O10S4+. The molecule has 0 saturated carbocycles. The number of nitrogens with one attached hydrogen (secondary N) is 2. The summed E-state index contributed by atoms with van der Waals surface area (Å²) in [5.41, 5.74) is 7.17. The third kappa shape index (κ3) is 12.3. The summed E-state index contributed by atoms with van der Waals surface area (Å²) in [5.74, 6) is -2.19. The van der Waals surface area contributed by atoms with Crippen LogP contribution < -0.4 is 23.8 Å². The number of allylic oxidation sites excluding steroid dienone is 5. The van der Waals surface area contributed by atoms with Crippen LogP contribution in [0.15, 0.2) is 142 Å². The molecule has 1 aliphatic heterocycles. The Labute approximate surface area is 403 Å². The van der Waals surface area contributed by atoms with Crippen molar-refractivity contribution in [3.8, 4) is 0 Å². The van der Waals surface area contributed by atoms with Gasteiger partial charge < -0.3 is 19.3 Å². The normalized spacial score (nSPS) is 15.0. The number of carbonyl (C=O) groups is 4. The Hall–Kier alpha value is -6.54. The van der Waals surface area contributed by atoms with E-state index in [2.05, 4.69) is 41.3 Å². The molecule has 15 nitrogen and oxygen atoms in total. The number of nitrogens with zero attached hydrogens (tertiary/aromatic N) is 3. The fourth-order valence-corrected chi connectivity index (χ4v) is 11.1. The number of hydrogen-bond acceptors (Lipinski definition) is 14. The minimum atomic E-state index is -3.72. The molecular weight excluding hydrogens is 947 g/mol. The molecule has 0 fully saturated rings. The number of carbonyl (C=O) groups excluding carboxylic acids is 4. The van der Waals surface area contributed by atoms with Gasteiger partial charge in [0.1, 0.15) is 4.70 Å². The molecule has 5 aromatic rings. The average Bonchev–Trinajstić information content (AvgIpc) is 3.98. The van der Waals surface area contributed by atoms with Gasteiger partial charge in [-0.2, -0.15) is 4.57 Å². The topological polar surface area (TPSA) is 189 Å². The first kappa shape index (κ1) is 49.4. The number of sulfonamides is 2. The highest BCUT2D eigenvalue weighted by Crippen LogP contribution is 2.48. The number of aromatic nitrogens is 1. The number of rotatable bonds is 18. The molecule has 0 atom stereocenters. The quantitative estimate of drug-likeness (QED) is 0.0641. The van der Waals surface area contributed by atoms with E-state index < -0.39 is 43.8 Å². The van der Waals surface area contributed by atoms with Gasteiger partial charge in [-0.1, -0.05) is 65.6 Å². The van der Waals surface area contributed by atoms with Gasteiger partial charge in [0.25, 0.3) is 5.01 Å². The lowest BCUT2D eigenvalue weighted by atomic mass is 10.1. The standard InChI is InChI=1S/C49H49N5O10S4/c1-63-48(57)35-21-25-41-39(31-35)52(29-11-17-43(55)50-67(3,59)60)45(65-41)27-23-33-19-20-34(47(33)54(37-13-7-5-8-14-37)38-15-9-6-10-16-38)24-28-46-53(30-12-18-44(56)51-68(4,61)62)40-32-36(49(58)64-2)22-26-42(40)66-46/h5-10,13-16,21-28,31-32H,11-12,17-20,29-30H2,1-4H3,(H-,50,51,55,56)/p+1. The third-order valence-corrected chi connectivity index (χ3v) is 14.3. The number of para-hydroxylation sites is 2. The molecule has 1 aromatic heterocycles. The lowest BCUT2D eigenvalue weighted by Gasteiger charge is -2.28. The van der Waals surface area contributed by atoms with Gasteiger partial charge in [0, 0.05) is 54.2 Å². The summed E-state index contributed by atoms with van der Waals surface area (Å²) < 4.78 is 64.0. The van der Waals surface area contributed by atoms with Crippen molar-refractivity contribution in [2.45, 2.75) is 50.0 Å². The van der Waals surface area contributed by atoms with E-state index in [0.29, 0.717) is 49.9 Å². The van der Waals surface area contributed by atoms with Gasteiger partial charge in [0.05, 0.1) is 54.3 Å². The van der Waals surface area contributed by atoms with Gasteiger partial charge in [-0.25, -0.2) is 26.4 Å². The SMILES string of the molecule is COC(=O)c1ccc2c(c1)N(CCCC(=O)NS(C)(=O)=O)/C(=C/C=C1\CCC(/C=C/c3sc4ccc(C(=O)OC)cc4[n+]3CCCC(=O)NS(C)(=O)=O)=C1N(c1ccccc1)c1ccccc1)S2. The largest absolute Gasteiger partial charge is 0.465 e. The maximum absolute atomic E-state index is 12.6. The number of esters is 2. The van der Waals surface area contributed by atoms with Crippen LogP contribution in [0.1, 0.15) is 64.2 Å². The Morgan fingerprint density at radius 1 is 0.735 bits per heavy atom. The van der Waals surface area contributed by atoms with Gasteiger partial charge in [0.15, 0.2) is 6.54 Å². The summed E-state index contributed by atoms with van der Waals surface area (Å²) in [6.45, 7) is 0.707. The zero-order chi connectivity index (χ0) is 48.6. The summed E-state index contributed by atoms with van der Waals surface area (Å²) >= 11 is 3.04. The van der Waals surface area contributed by atoms with Crippen LogP contribution in [0.2, 0.25) is 0 Å². The van der Waals surface area contributed by atoms with Gasteiger partial charge in [0.2, 0.25) is 37.4 Å². The monoisotopic (exact) mass is 996 g/mol. The second kappa shape index (κ2) is 21.6. The predicted molar refractivity (Wildman–Crippen MR) is 265 cm³/mol. The minimum Gasteiger partial charge on any atom is -0.465 e. The lowest BCUT2D eigenvalue weighted by molar-refractivity contribution is -0.669.